The molecule has 0 atom stereocenters. The Hall–Kier alpha value is -2.30. The van der Waals surface area contributed by atoms with Gasteiger partial charge in [0.25, 0.3) is 5.91 Å². The first-order valence-corrected chi connectivity index (χ1v) is 6.42. The molecule has 0 saturated heterocycles. The van der Waals surface area contributed by atoms with E-state index in [9.17, 15) is 4.79 Å². The van der Waals surface area contributed by atoms with Gasteiger partial charge in [0.2, 0.25) is 0 Å². The normalized spacial score (nSPS) is 10.4. The summed E-state index contributed by atoms with van der Waals surface area (Å²) in [6.07, 6.45) is 0. The molecule has 0 bridgehead atoms. The Morgan fingerprint density at radius 2 is 1.85 bits per heavy atom. The summed E-state index contributed by atoms with van der Waals surface area (Å²) in [6, 6.07) is 9.76. The minimum Gasteiger partial charge on any atom is -0.378 e. The van der Waals surface area contributed by atoms with Crippen LogP contribution >= 0.6 is 0 Å². The van der Waals surface area contributed by atoms with Crippen LogP contribution in [0.5, 0.6) is 0 Å². The van der Waals surface area contributed by atoms with E-state index in [1.807, 2.05) is 43.3 Å². The van der Waals surface area contributed by atoms with Gasteiger partial charge in [0, 0.05) is 39.4 Å². The molecule has 2 aromatic rings. The van der Waals surface area contributed by atoms with E-state index in [-0.39, 0.29) is 5.91 Å². The molecule has 0 aliphatic heterocycles. The Kier molecular flexibility index (Phi) is 4.08. The van der Waals surface area contributed by atoms with Gasteiger partial charge >= 0.3 is 0 Å². The van der Waals surface area contributed by atoms with Crippen LogP contribution in [0.25, 0.3) is 0 Å². The van der Waals surface area contributed by atoms with Gasteiger partial charge < -0.3 is 14.3 Å². The highest BCUT2D eigenvalue weighted by molar-refractivity contribution is 5.92. The average molecular weight is 273 g/mol. The minimum atomic E-state index is -0.140. The molecule has 0 radical (unpaired) electrons. The van der Waals surface area contributed by atoms with E-state index in [0.29, 0.717) is 18.0 Å². The number of benzene rings is 1. The first-order valence-electron chi connectivity index (χ1n) is 6.42. The number of carbonyl (C=O) groups is 1. The number of nitrogens with zero attached hydrogens (tertiary/aromatic N) is 3. The third-order valence-corrected chi connectivity index (χ3v) is 3.07. The van der Waals surface area contributed by atoms with Crippen molar-refractivity contribution < 1.29 is 9.32 Å². The van der Waals surface area contributed by atoms with Gasteiger partial charge in [-0.3, -0.25) is 4.79 Å². The molecule has 0 N–H and O–H groups in total. The van der Waals surface area contributed by atoms with Crippen molar-refractivity contribution in [2.24, 2.45) is 0 Å². The monoisotopic (exact) mass is 273 g/mol. The summed E-state index contributed by atoms with van der Waals surface area (Å²) in [4.78, 5) is 15.8. The molecule has 0 unspecified atom stereocenters. The van der Waals surface area contributed by atoms with E-state index in [4.69, 9.17) is 4.52 Å². The molecule has 106 valence electrons. The summed E-state index contributed by atoms with van der Waals surface area (Å²) < 4.78 is 4.93. The molecule has 2 rings (SSSR count). The van der Waals surface area contributed by atoms with Gasteiger partial charge in [-0.1, -0.05) is 17.3 Å². The predicted octanol–water partition coefficient (Wildman–Crippen LogP) is 2.32. The third-order valence-electron chi connectivity index (χ3n) is 3.07. The molecule has 1 heterocycles. The van der Waals surface area contributed by atoms with Crippen molar-refractivity contribution in [3.8, 4) is 0 Å². The first kappa shape index (κ1) is 14.1. The molecular weight excluding hydrogens is 254 g/mol. The second-order valence-corrected chi connectivity index (χ2v) is 5.04. The zero-order valence-corrected chi connectivity index (χ0v) is 12.3. The van der Waals surface area contributed by atoms with E-state index >= 15 is 0 Å². The molecule has 0 saturated carbocycles. The van der Waals surface area contributed by atoms with Gasteiger partial charge in [0.15, 0.2) is 5.69 Å². The van der Waals surface area contributed by atoms with Crippen LogP contribution in [-0.2, 0) is 6.54 Å². The van der Waals surface area contributed by atoms with Crippen molar-refractivity contribution in [2.45, 2.75) is 13.5 Å². The van der Waals surface area contributed by atoms with Crippen LogP contribution in [0.1, 0.15) is 21.8 Å². The molecule has 20 heavy (non-hydrogen) atoms. The average Bonchev–Trinajstić information content (AvgIpc) is 2.85. The zero-order chi connectivity index (χ0) is 14.7. The molecule has 0 fully saturated rings. The smallest absolute Gasteiger partial charge is 0.276 e. The quantitative estimate of drug-likeness (QED) is 0.858. The van der Waals surface area contributed by atoms with Crippen LogP contribution in [0.2, 0.25) is 0 Å². The van der Waals surface area contributed by atoms with Crippen LogP contribution in [0.4, 0.5) is 5.69 Å². The van der Waals surface area contributed by atoms with Crippen LogP contribution in [0, 0.1) is 6.92 Å². The third kappa shape index (κ3) is 3.17. The van der Waals surface area contributed by atoms with E-state index in [0.717, 1.165) is 11.3 Å². The predicted molar refractivity (Wildman–Crippen MR) is 77.8 cm³/mol. The number of aryl methyl sites for hydroxylation is 1. The van der Waals surface area contributed by atoms with Crippen molar-refractivity contribution >= 4 is 11.6 Å². The second-order valence-electron chi connectivity index (χ2n) is 5.04. The number of rotatable bonds is 4. The zero-order valence-electron chi connectivity index (χ0n) is 12.3. The Morgan fingerprint density at radius 1 is 1.20 bits per heavy atom. The molecule has 5 heteroatoms. The fraction of sp³-hybridized carbons (Fsp3) is 0.333. The van der Waals surface area contributed by atoms with Gasteiger partial charge in [0.1, 0.15) is 5.76 Å². The molecule has 5 nitrogen and oxygen atoms in total. The number of carbonyl (C=O) groups excluding carboxylic acids is 1. The van der Waals surface area contributed by atoms with Gasteiger partial charge in [-0.05, 0) is 24.6 Å². The SMILES string of the molecule is Cc1cc(C(=O)N(C)Cc2ccc(N(C)C)cc2)no1. The highest BCUT2D eigenvalue weighted by Gasteiger charge is 2.16. The number of hydrogen-bond acceptors (Lipinski definition) is 4. The van der Waals surface area contributed by atoms with E-state index in [2.05, 4.69) is 5.16 Å². The highest BCUT2D eigenvalue weighted by atomic mass is 16.5. The number of aromatic nitrogens is 1. The van der Waals surface area contributed by atoms with Gasteiger partial charge in [0.05, 0.1) is 0 Å². The summed E-state index contributed by atoms with van der Waals surface area (Å²) in [5.41, 5.74) is 2.55. The standard InChI is InChI=1S/C15H19N3O2/c1-11-9-14(16-20-11)15(19)18(4)10-12-5-7-13(8-6-12)17(2)3/h5-9H,10H2,1-4H3. The minimum absolute atomic E-state index is 0.140. The second kappa shape index (κ2) is 5.77. The van der Waals surface area contributed by atoms with Gasteiger partial charge in [-0.25, -0.2) is 0 Å². The molecule has 0 aliphatic carbocycles. The number of amides is 1. The lowest BCUT2D eigenvalue weighted by Gasteiger charge is -2.17. The van der Waals surface area contributed by atoms with Gasteiger partial charge in [-0.2, -0.15) is 0 Å². The molecule has 0 spiro atoms. The Balaban J connectivity index is 2.03. The van der Waals surface area contributed by atoms with Crippen molar-refractivity contribution in [3.05, 3.63) is 47.3 Å². The summed E-state index contributed by atoms with van der Waals surface area (Å²) in [6.45, 7) is 2.31. The number of anilines is 1. The van der Waals surface area contributed by atoms with Crippen LogP contribution < -0.4 is 4.90 Å². The molecule has 1 amide bonds. The first-order chi connectivity index (χ1) is 9.47. The maximum Gasteiger partial charge on any atom is 0.276 e. The summed E-state index contributed by atoms with van der Waals surface area (Å²) in [5.74, 6) is 0.496. The van der Waals surface area contributed by atoms with Gasteiger partial charge in [-0.15, -0.1) is 0 Å². The molecule has 1 aromatic heterocycles. The maximum atomic E-state index is 12.1. The van der Waals surface area contributed by atoms with Crippen molar-refractivity contribution in [3.63, 3.8) is 0 Å². The molecular formula is C15H19N3O2. The number of hydrogen-bond donors (Lipinski definition) is 0. The Labute approximate surface area is 118 Å². The largest absolute Gasteiger partial charge is 0.378 e. The Bertz CT molecular complexity index is 587. The van der Waals surface area contributed by atoms with Crippen LogP contribution in [-0.4, -0.2) is 37.1 Å². The lowest BCUT2D eigenvalue weighted by atomic mass is 10.2. The van der Waals surface area contributed by atoms with Crippen LogP contribution in [0.15, 0.2) is 34.9 Å². The maximum absolute atomic E-state index is 12.1. The fourth-order valence-corrected chi connectivity index (χ4v) is 1.91. The topological polar surface area (TPSA) is 49.6 Å². The lowest BCUT2D eigenvalue weighted by molar-refractivity contribution is 0.0774. The van der Waals surface area contributed by atoms with E-state index in [1.165, 1.54) is 0 Å². The molecule has 0 aliphatic rings. The summed E-state index contributed by atoms with van der Waals surface area (Å²) in [7, 11) is 5.75. The lowest BCUT2D eigenvalue weighted by Crippen LogP contribution is -2.26. The Morgan fingerprint density at radius 3 is 2.35 bits per heavy atom. The summed E-state index contributed by atoms with van der Waals surface area (Å²) >= 11 is 0. The molecule has 1 aromatic carbocycles. The fourth-order valence-electron chi connectivity index (χ4n) is 1.91. The van der Waals surface area contributed by atoms with E-state index < -0.39 is 0 Å². The van der Waals surface area contributed by atoms with Crippen molar-refractivity contribution in [2.75, 3.05) is 26.0 Å². The van der Waals surface area contributed by atoms with Crippen molar-refractivity contribution in [1.82, 2.24) is 10.1 Å². The highest BCUT2D eigenvalue weighted by Crippen LogP contribution is 2.14. The van der Waals surface area contributed by atoms with Crippen LogP contribution in [0.3, 0.4) is 0 Å². The van der Waals surface area contributed by atoms with Crippen molar-refractivity contribution in [1.29, 1.82) is 0 Å². The summed E-state index contributed by atoms with van der Waals surface area (Å²) in [5, 5.41) is 3.74. The van der Waals surface area contributed by atoms with E-state index in [1.54, 1.807) is 24.9 Å².